The van der Waals surface area contributed by atoms with Gasteiger partial charge in [-0.25, -0.2) is 0 Å². The van der Waals surface area contributed by atoms with Crippen molar-refractivity contribution in [2.24, 2.45) is 0 Å². The fourth-order valence-corrected chi connectivity index (χ4v) is 4.25. The van der Waals surface area contributed by atoms with Gasteiger partial charge in [-0.15, -0.1) is 0 Å². The molecule has 1 atom stereocenters. The molecular weight excluding hydrogens is 286 g/mol. The summed E-state index contributed by atoms with van der Waals surface area (Å²) in [7, 11) is 8.20. The van der Waals surface area contributed by atoms with E-state index in [1.165, 1.54) is 34.4 Å². The van der Waals surface area contributed by atoms with Crippen LogP contribution in [0.4, 0.5) is 0 Å². The minimum atomic E-state index is 0.504. The van der Waals surface area contributed by atoms with E-state index in [1.54, 1.807) is 14.2 Å². The molecule has 1 aliphatic heterocycles. The predicted molar refractivity (Wildman–Crippen MR) is 92.1 cm³/mol. The third-order valence-electron chi connectivity index (χ3n) is 5.65. The van der Waals surface area contributed by atoms with Crippen LogP contribution in [0, 0.1) is 0 Å². The van der Waals surface area contributed by atoms with Crippen LogP contribution >= 0.6 is 0 Å². The van der Waals surface area contributed by atoms with Gasteiger partial charge < -0.3 is 14.0 Å². The Morgan fingerprint density at radius 1 is 1.00 bits per heavy atom. The second-order valence-corrected chi connectivity index (χ2v) is 7.21. The molecular formula is C20H24NO2+. The van der Waals surface area contributed by atoms with Crippen molar-refractivity contribution in [3.63, 3.8) is 0 Å². The van der Waals surface area contributed by atoms with Crippen molar-refractivity contribution in [1.82, 2.24) is 0 Å². The van der Waals surface area contributed by atoms with Crippen molar-refractivity contribution in [3.05, 3.63) is 47.0 Å². The average Bonchev–Trinajstić information content (AvgIpc) is 2.57. The first-order valence-electron chi connectivity index (χ1n) is 8.25. The van der Waals surface area contributed by atoms with E-state index in [9.17, 15) is 0 Å². The summed E-state index contributed by atoms with van der Waals surface area (Å²) in [6, 6.07) is 11.4. The summed E-state index contributed by atoms with van der Waals surface area (Å²) in [5, 5.41) is 0. The number of benzene rings is 2. The summed E-state index contributed by atoms with van der Waals surface area (Å²) >= 11 is 0. The number of methoxy groups -OCH3 is 2. The Kier molecular flexibility index (Phi) is 3.17. The highest BCUT2D eigenvalue weighted by Gasteiger charge is 2.42. The Bertz CT molecular complexity index is 779. The molecule has 1 unspecified atom stereocenters. The van der Waals surface area contributed by atoms with Gasteiger partial charge in [-0.05, 0) is 34.9 Å². The van der Waals surface area contributed by atoms with Gasteiger partial charge in [0.1, 0.15) is 17.5 Å². The van der Waals surface area contributed by atoms with Crippen molar-refractivity contribution in [2.75, 3.05) is 34.9 Å². The van der Waals surface area contributed by atoms with Gasteiger partial charge in [-0.2, -0.15) is 0 Å². The monoisotopic (exact) mass is 310 g/mol. The van der Waals surface area contributed by atoms with Crippen molar-refractivity contribution < 1.29 is 14.0 Å². The van der Waals surface area contributed by atoms with Gasteiger partial charge in [-0.3, -0.25) is 0 Å². The second-order valence-electron chi connectivity index (χ2n) is 7.21. The van der Waals surface area contributed by atoms with Crippen molar-refractivity contribution in [1.29, 1.82) is 0 Å². The van der Waals surface area contributed by atoms with E-state index in [0.29, 0.717) is 6.04 Å². The summed E-state index contributed by atoms with van der Waals surface area (Å²) in [5.74, 6) is 1.89. The van der Waals surface area contributed by atoms with Crippen LogP contribution in [0.25, 0.3) is 11.1 Å². The molecule has 0 fully saturated rings. The predicted octanol–water partition coefficient (Wildman–Crippen LogP) is 3.60. The third-order valence-corrected chi connectivity index (χ3v) is 5.65. The summed E-state index contributed by atoms with van der Waals surface area (Å²) in [4.78, 5) is 0. The maximum Gasteiger partial charge on any atom is 0.127 e. The molecule has 3 nitrogen and oxygen atoms in total. The molecule has 0 saturated carbocycles. The zero-order valence-electron chi connectivity index (χ0n) is 14.3. The maximum atomic E-state index is 5.74. The summed E-state index contributed by atoms with van der Waals surface area (Å²) < 4.78 is 12.2. The number of hydrogen-bond donors (Lipinski definition) is 0. The fraction of sp³-hybridized carbons (Fsp3) is 0.400. The van der Waals surface area contributed by atoms with E-state index < -0.39 is 0 Å². The topological polar surface area (TPSA) is 18.5 Å². The number of rotatable bonds is 2. The molecule has 0 amide bonds. The molecule has 0 spiro atoms. The lowest BCUT2D eigenvalue weighted by atomic mass is 9.76. The Morgan fingerprint density at radius 2 is 1.78 bits per heavy atom. The Morgan fingerprint density at radius 3 is 2.52 bits per heavy atom. The van der Waals surface area contributed by atoms with E-state index in [2.05, 4.69) is 44.4 Å². The standard InChI is InChI=1S/C20H24NO2/c1-21(2)10-9-13-6-8-18(23-4)20-16-12-15(22-3)7-5-14(16)11-17(21)19(13)20/h5-8,12,17H,9-11H2,1-4H3/q+1. The van der Waals surface area contributed by atoms with Crippen LogP contribution < -0.4 is 9.47 Å². The van der Waals surface area contributed by atoms with Gasteiger partial charge >= 0.3 is 0 Å². The molecule has 0 aromatic heterocycles. The lowest BCUT2D eigenvalue weighted by molar-refractivity contribution is -0.923. The molecule has 2 aliphatic rings. The zero-order chi connectivity index (χ0) is 16.2. The van der Waals surface area contributed by atoms with Crippen LogP contribution in [0.5, 0.6) is 11.5 Å². The molecule has 0 saturated heterocycles. The second kappa shape index (κ2) is 5.00. The van der Waals surface area contributed by atoms with E-state index in [0.717, 1.165) is 28.8 Å². The molecule has 0 radical (unpaired) electrons. The highest BCUT2D eigenvalue weighted by atomic mass is 16.5. The van der Waals surface area contributed by atoms with Crippen LogP contribution in [0.1, 0.15) is 22.7 Å². The van der Waals surface area contributed by atoms with Crippen molar-refractivity contribution >= 4 is 0 Å². The summed E-state index contributed by atoms with van der Waals surface area (Å²) in [6.07, 6.45) is 2.22. The minimum Gasteiger partial charge on any atom is -0.497 e. The first kappa shape index (κ1) is 14.6. The third kappa shape index (κ3) is 2.07. The largest absolute Gasteiger partial charge is 0.497 e. The molecule has 120 valence electrons. The molecule has 4 rings (SSSR count). The molecule has 1 aliphatic carbocycles. The van der Waals surface area contributed by atoms with Crippen molar-refractivity contribution in [2.45, 2.75) is 18.9 Å². The van der Waals surface area contributed by atoms with Crippen LogP contribution in [0.2, 0.25) is 0 Å². The Hall–Kier alpha value is -2.00. The summed E-state index contributed by atoms with van der Waals surface area (Å²) in [6.45, 7) is 1.19. The smallest absolute Gasteiger partial charge is 0.127 e. The average molecular weight is 310 g/mol. The molecule has 2 aromatic carbocycles. The van der Waals surface area contributed by atoms with Gasteiger partial charge in [-0.1, -0.05) is 12.1 Å². The van der Waals surface area contributed by atoms with Crippen molar-refractivity contribution in [3.8, 4) is 22.6 Å². The van der Waals surface area contributed by atoms with Gasteiger partial charge in [0.25, 0.3) is 0 Å². The highest BCUT2D eigenvalue weighted by molar-refractivity contribution is 5.81. The summed E-state index contributed by atoms with van der Waals surface area (Å²) in [5.41, 5.74) is 6.92. The number of ether oxygens (including phenoxy) is 2. The van der Waals surface area contributed by atoms with Gasteiger partial charge in [0.05, 0.1) is 34.9 Å². The number of hydrogen-bond acceptors (Lipinski definition) is 2. The first-order valence-corrected chi connectivity index (χ1v) is 8.25. The number of likely N-dealkylation sites (N-methyl/N-ethyl adjacent to an activating group) is 1. The SMILES string of the molecule is COc1ccc2c(c1)-c1c(OC)ccc3c1C(C2)[N+](C)(C)CC3. The zero-order valence-corrected chi connectivity index (χ0v) is 14.3. The molecule has 2 aromatic rings. The van der Waals surface area contributed by atoms with E-state index in [4.69, 9.17) is 9.47 Å². The van der Waals surface area contributed by atoms with E-state index in [-0.39, 0.29) is 0 Å². The van der Waals surface area contributed by atoms with E-state index >= 15 is 0 Å². The van der Waals surface area contributed by atoms with Gasteiger partial charge in [0, 0.05) is 24.0 Å². The highest BCUT2D eigenvalue weighted by Crippen LogP contribution is 2.51. The number of fused-ring (bicyclic) bond motifs is 2. The molecule has 0 N–H and O–H groups in total. The normalized spacial score (nSPS) is 20.4. The molecule has 3 heteroatoms. The van der Waals surface area contributed by atoms with Gasteiger partial charge in [0.2, 0.25) is 0 Å². The molecule has 0 bridgehead atoms. The quantitative estimate of drug-likeness (QED) is 0.789. The molecule has 1 heterocycles. The number of nitrogens with zero attached hydrogens (tertiary/aromatic N) is 1. The van der Waals surface area contributed by atoms with Crippen LogP contribution in [0.3, 0.4) is 0 Å². The molecule has 23 heavy (non-hydrogen) atoms. The van der Waals surface area contributed by atoms with Crippen LogP contribution in [0.15, 0.2) is 30.3 Å². The Balaban J connectivity index is 2.04. The Labute approximate surface area is 138 Å². The fourth-order valence-electron chi connectivity index (χ4n) is 4.25. The number of quaternary nitrogens is 1. The lowest BCUT2D eigenvalue weighted by Gasteiger charge is -2.46. The first-order chi connectivity index (χ1) is 11.0. The van der Waals surface area contributed by atoms with Crippen LogP contribution in [-0.4, -0.2) is 39.3 Å². The maximum absolute atomic E-state index is 5.74. The minimum absolute atomic E-state index is 0.504. The van der Waals surface area contributed by atoms with Gasteiger partial charge in [0.15, 0.2) is 0 Å². The van der Waals surface area contributed by atoms with E-state index in [1.807, 2.05) is 0 Å². The lowest BCUT2D eigenvalue weighted by Crippen LogP contribution is -2.49. The van der Waals surface area contributed by atoms with Crippen LogP contribution in [-0.2, 0) is 12.8 Å².